The highest BCUT2D eigenvalue weighted by atomic mass is 32.2. The third-order valence-corrected chi connectivity index (χ3v) is 6.58. The molecular weight excluding hydrogens is 414 g/mol. The molecule has 0 saturated carbocycles. The molecule has 2 amide bonds. The van der Waals surface area contributed by atoms with E-state index >= 15 is 0 Å². The first-order chi connectivity index (χ1) is 14.2. The fourth-order valence-electron chi connectivity index (χ4n) is 3.25. The fourth-order valence-corrected chi connectivity index (χ4v) is 4.89. The number of amides is 2. The molecule has 1 heterocycles. The van der Waals surface area contributed by atoms with Crippen LogP contribution in [-0.4, -0.2) is 63.7 Å². The maximum atomic E-state index is 13.4. The maximum Gasteiger partial charge on any atom is 0.267 e. The second kappa shape index (κ2) is 10.4. The molecule has 1 saturated heterocycles. The van der Waals surface area contributed by atoms with Crippen molar-refractivity contribution in [2.24, 2.45) is 5.73 Å². The molecule has 10 nitrogen and oxygen atoms in total. The van der Waals surface area contributed by atoms with E-state index in [1.54, 1.807) is 0 Å². The summed E-state index contributed by atoms with van der Waals surface area (Å²) >= 11 is 0. The van der Waals surface area contributed by atoms with E-state index in [1.807, 2.05) is 0 Å². The van der Waals surface area contributed by atoms with Gasteiger partial charge in [-0.25, -0.2) is 12.7 Å². The number of carbonyl (C=O) groups is 3. The summed E-state index contributed by atoms with van der Waals surface area (Å²) in [4.78, 5) is 36.3. The summed E-state index contributed by atoms with van der Waals surface area (Å²) < 4.78 is 37.8. The van der Waals surface area contributed by atoms with Gasteiger partial charge in [-0.2, -0.15) is 0 Å². The first kappa shape index (κ1) is 23.6. The Labute approximate surface area is 175 Å². The van der Waals surface area contributed by atoms with E-state index in [9.17, 15) is 22.8 Å². The molecule has 0 aliphatic carbocycles. The van der Waals surface area contributed by atoms with Crippen molar-refractivity contribution in [2.75, 3.05) is 27.3 Å². The molecule has 0 aromatic heterocycles. The Morgan fingerprint density at radius 1 is 1.20 bits per heavy atom. The number of benzene rings is 1. The van der Waals surface area contributed by atoms with Crippen LogP contribution in [0.15, 0.2) is 23.1 Å². The number of ketones is 1. The van der Waals surface area contributed by atoms with Crippen molar-refractivity contribution in [1.82, 2.24) is 9.62 Å². The van der Waals surface area contributed by atoms with E-state index in [1.165, 1.54) is 32.4 Å². The average Bonchev–Trinajstić information content (AvgIpc) is 2.91. The summed E-state index contributed by atoms with van der Waals surface area (Å²) in [5.41, 5.74) is 5.11. The number of primary amides is 1. The molecule has 0 bridgehead atoms. The zero-order valence-electron chi connectivity index (χ0n) is 17.0. The first-order valence-electron chi connectivity index (χ1n) is 9.53. The second-order valence-electron chi connectivity index (χ2n) is 6.83. The third-order valence-electron chi connectivity index (χ3n) is 4.76. The van der Waals surface area contributed by atoms with E-state index in [4.69, 9.17) is 15.2 Å². The molecular formula is C19H27N3O7S. The van der Waals surface area contributed by atoms with Gasteiger partial charge >= 0.3 is 0 Å². The van der Waals surface area contributed by atoms with Crippen LogP contribution in [0, 0.1) is 0 Å². The topological polar surface area (TPSA) is 145 Å². The minimum Gasteiger partial charge on any atom is -0.493 e. The molecule has 0 spiro atoms. The lowest BCUT2D eigenvalue weighted by molar-refractivity contribution is -0.134. The van der Waals surface area contributed by atoms with Gasteiger partial charge in [0.05, 0.1) is 25.7 Å². The van der Waals surface area contributed by atoms with Gasteiger partial charge in [0.25, 0.3) is 10.0 Å². The van der Waals surface area contributed by atoms with E-state index in [0.29, 0.717) is 23.0 Å². The molecule has 1 atom stereocenters. The van der Waals surface area contributed by atoms with E-state index in [0.717, 1.165) is 0 Å². The van der Waals surface area contributed by atoms with Gasteiger partial charge in [-0.3, -0.25) is 14.4 Å². The number of nitrogens with zero attached hydrogens (tertiary/aromatic N) is 1. The van der Waals surface area contributed by atoms with Crippen molar-refractivity contribution < 1.29 is 32.3 Å². The molecule has 1 unspecified atom stereocenters. The Morgan fingerprint density at radius 2 is 1.90 bits per heavy atom. The summed E-state index contributed by atoms with van der Waals surface area (Å²) in [6.45, 7) is 0.513. The SMILES string of the molecule is COc1ccc(S(=O)(=O)N(C(=O)CCCC(N)=O)C2CCCNCC2=O)cc1OC. The number of carbonyl (C=O) groups excluding carboxylic acids is 3. The smallest absolute Gasteiger partial charge is 0.267 e. The molecule has 1 aromatic rings. The van der Waals surface area contributed by atoms with E-state index in [-0.39, 0.29) is 48.7 Å². The summed E-state index contributed by atoms with van der Waals surface area (Å²) in [5, 5.41) is 2.92. The normalized spacial score (nSPS) is 17.1. The van der Waals surface area contributed by atoms with Crippen molar-refractivity contribution in [3.8, 4) is 11.5 Å². The van der Waals surface area contributed by atoms with Gasteiger partial charge in [0.1, 0.15) is 6.04 Å². The Kier molecular flexibility index (Phi) is 8.18. The highest BCUT2D eigenvalue weighted by Crippen LogP contribution is 2.32. The summed E-state index contributed by atoms with van der Waals surface area (Å²) in [7, 11) is -1.60. The van der Waals surface area contributed by atoms with Crippen LogP contribution in [0.2, 0.25) is 0 Å². The monoisotopic (exact) mass is 441 g/mol. The van der Waals surface area contributed by atoms with Gasteiger partial charge < -0.3 is 20.5 Å². The Morgan fingerprint density at radius 3 is 2.53 bits per heavy atom. The van der Waals surface area contributed by atoms with Crippen LogP contribution in [0.5, 0.6) is 11.5 Å². The van der Waals surface area contributed by atoms with Gasteiger partial charge in [-0.05, 0) is 37.9 Å². The number of methoxy groups -OCH3 is 2. The first-order valence-corrected chi connectivity index (χ1v) is 11.0. The molecule has 1 fully saturated rings. The number of hydrogen-bond donors (Lipinski definition) is 2. The van der Waals surface area contributed by atoms with Gasteiger partial charge in [0, 0.05) is 18.9 Å². The lowest BCUT2D eigenvalue weighted by Crippen LogP contribution is -2.49. The van der Waals surface area contributed by atoms with Crippen LogP contribution in [0.4, 0.5) is 0 Å². The Balaban J connectivity index is 2.46. The summed E-state index contributed by atoms with van der Waals surface area (Å²) in [6.07, 6.45) is 0.539. The zero-order valence-corrected chi connectivity index (χ0v) is 17.9. The molecule has 3 N–H and O–H groups in total. The number of rotatable bonds is 9. The van der Waals surface area contributed by atoms with Gasteiger partial charge in [0.2, 0.25) is 11.8 Å². The summed E-state index contributed by atoms with van der Waals surface area (Å²) in [5.74, 6) is -1.24. The van der Waals surface area contributed by atoms with Crippen molar-refractivity contribution >= 4 is 27.6 Å². The van der Waals surface area contributed by atoms with Crippen LogP contribution in [0.1, 0.15) is 32.1 Å². The summed E-state index contributed by atoms with van der Waals surface area (Å²) in [6, 6.07) is 2.83. The molecule has 0 radical (unpaired) electrons. The number of ether oxygens (including phenoxy) is 2. The highest BCUT2D eigenvalue weighted by molar-refractivity contribution is 7.89. The largest absolute Gasteiger partial charge is 0.493 e. The fraction of sp³-hybridized carbons (Fsp3) is 0.526. The standard InChI is InChI=1S/C19H27N3O7S/c1-28-16-9-8-13(11-17(16)29-2)30(26,27)22(19(25)7-3-6-18(20)24)14-5-4-10-21-12-15(14)23/h8-9,11,14,21H,3-7,10,12H2,1-2H3,(H2,20,24). The molecule has 2 rings (SSSR count). The minimum absolute atomic E-state index is 0.0306. The molecule has 1 aliphatic rings. The zero-order chi connectivity index (χ0) is 22.3. The lowest BCUT2D eigenvalue weighted by Gasteiger charge is -2.29. The van der Waals surface area contributed by atoms with Crippen molar-refractivity contribution in [3.05, 3.63) is 18.2 Å². The second-order valence-corrected chi connectivity index (χ2v) is 8.65. The number of Topliss-reactive ketones (excluding diaryl/α,β-unsaturated/α-hetero) is 1. The molecule has 166 valence electrons. The van der Waals surface area contributed by atoms with Crippen LogP contribution in [0.3, 0.4) is 0 Å². The van der Waals surface area contributed by atoms with Crippen LogP contribution in [0.25, 0.3) is 0 Å². The molecule has 11 heteroatoms. The number of nitrogens with one attached hydrogen (secondary N) is 1. The van der Waals surface area contributed by atoms with Gasteiger partial charge in [-0.1, -0.05) is 0 Å². The molecule has 30 heavy (non-hydrogen) atoms. The van der Waals surface area contributed by atoms with Crippen molar-refractivity contribution in [2.45, 2.75) is 43.0 Å². The quantitative estimate of drug-likeness (QED) is 0.553. The van der Waals surface area contributed by atoms with Crippen LogP contribution in [-0.2, 0) is 24.4 Å². The Bertz CT molecular complexity index is 901. The maximum absolute atomic E-state index is 13.4. The predicted molar refractivity (Wildman–Crippen MR) is 108 cm³/mol. The van der Waals surface area contributed by atoms with Gasteiger partial charge in [-0.15, -0.1) is 0 Å². The minimum atomic E-state index is -4.37. The van der Waals surface area contributed by atoms with Gasteiger partial charge in [0.15, 0.2) is 17.3 Å². The van der Waals surface area contributed by atoms with E-state index < -0.39 is 27.9 Å². The predicted octanol–water partition coefficient (Wildman–Crippen LogP) is 0.198. The average molecular weight is 442 g/mol. The third kappa shape index (κ3) is 5.48. The van der Waals surface area contributed by atoms with Crippen molar-refractivity contribution in [1.29, 1.82) is 0 Å². The molecule has 1 aromatic carbocycles. The number of nitrogens with two attached hydrogens (primary N) is 1. The molecule has 1 aliphatic heterocycles. The number of hydrogen-bond acceptors (Lipinski definition) is 8. The Hall–Kier alpha value is -2.66. The number of sulfonamides is 1. The van der Waals surface area contributed by atoms with E-state index in [2.05, 4.69) is 5.32 Å². The van der Waals surface area contributed by atoms with Crippen LogP contribution >= 0.6 is 0 Å². The van der Waals surface area contributed by atoms with Crippen LogP contribution < -0.4 is 20.5 Å². The lowest BCUT2D eigenvalue weighted by atomic mass is 10.1. The highest BCUT2D eigenvalue weighted by Gasteiger charge is 2.39. The van der Waals surface area contributed by atoms with Crippen molar-refractivity contribution in [3.63, 3.8) is 0 Å².